The molecule has 2 bridgehead atoms. The summed E-state index contributed by atoms with van der Waals surface area (Å²) in [5, 5.41) is 9.23. The minimum absolute atomic E-state index is 0.512. The largest absolute Gasteiger partial charge is 0.351 e. The Morgan fingerprint density at radius 2 is 1.76 bits per heavy atom. The van der Waals surface area contributed by atoms with Gasteiger partial charge in [0.1, 0.15) is 17.6 Å². The highest BCUT2D eigenvalue weighted by Gasteiger charge is 2.53. The summed E-state index contributed by atoms with van der Waals surface area (Å²) in [5.41, 5.74) is 1.95. The fourth-order valence-corrected chi connectivity index (χ4v) is 5.32. The topological polar surface area (TPSA) is 43.2 Å². The molecule has 0 N–H and O–H groups in total. The number of aromatic nitrogens is 1. The molecule has 4 fully saturated rings. The zero-order valence-electron chi connectivity index (χ0n) is 14.3. The second-order valence-corrected chi connectivity index (χ2v) is 7.52. The molecule has 1 aromatic heterocycles. The van der Waals surface area contributed by atoms with Crippen LogP contribution in [0.3, 0.4) is 0 Å². The van der Waals surface area contributed by atoms with Gasteiger partial charge in [0.15, 0.2) is 0 Å². The summed E-state index contributed by atoms with van der Waals surface area (Å²) in [6.07, 6.45) is 2.58. The molecule has 3 atom stereocenters. The lowest BCUT2D eigenvalue weighted by Gasteiger charge is -2.51. The highest BCUT2D eigenvalue weighted by molar-refractivity contribution is 5.48. The number of hydrogen-bond acceptors (Lipinski definition) is 4. The molecule has 4 aliphatic rings. The molecule has 4 heteroatoms. The molecular weight excluding hydrogens is 308 g/mol. The number of piperidine rings is 3. The van der Waals surface area contributed by atoms with Crippen LogP contribution in [0.2, 0.25) is 0 Å². The van der Waals surface area contributed by atoms with Gasteiger partial charge in [0.05, 0.1) is 0 Å². The van der Waals surface area contributed by atoms with E-state index in [1.165, 1.54) is 31.5 Å². The summed E-state index contributed by atoms with van der Waals surface area (Å²) in [6, 6.07) is 20.1. The molecule has 4 nitrogen and oxygen atoms in total. The zero-order chi connectivity index (χ0) is 16.8. The van der Waals surface area contributed by atoms with Crippen molar-refractivity contribution in [1.29, 1.82) is 5.26 Å². The molecule has 4 saturated heterocycles. The van der Waals surface area contributed by atoms with Crippen molar-refractivity contribution in [2.24, 2.45) is 5.92 Å². The van der Waals surface area contributed by atoms with Crippen LogP contribution in [0.4, 0.5) is 5.82 Å². The standard InChI is InChI=1S/C21H22N4/c22-13-17-7-4-8-19(23-17)25-14-18(15-5-2-1-3-6-15)21-20(25)16-9-11-24(21)12-10-16/h1-8,16,18,20-21H,9-12,14H2/t18-,20-,21-/m1/s1. The second kappa shape index (κ2) is 5.86. The normalized spacial score (nSPS) is 33.1. The lowest BCUT2D eigenvalue weighted by Crippen LogP contribution is -2.60. The number of fused-ring (bicyclic) bond motifs is 2. The Balaban J connectivity index is 1.57. The third-order valence-electron chi connectivity index (χ3n) is 6.37. The number of pyridine rings is 1. The Kier molecular flexibility index (Phi) is 3.50. The van der Waals surface area contributed by atoms with Crippen molar-refractivity contribution in [1.82, 2.24) is 9.88 Å². The van der Waals surface area contributed by atoms with Crippen LogP contribution in [0.1, 0.15) is 30.0 Å². The maximum Gasteiger partial charge on any atom is 0.142 e. The van der Waals surface area contributed by atoms with Gasteiger partial charge in [-0.1, -0.05) is 36.4 Å². The molecule has 0 amide bonds. The van der Waals surface area contributed by atoms with Gasteiger partial charge in [-0.2, -0.15) is 5.26 Å². The second-order valence-electron chi connectivity index (χ2n) is 7.52. The summed E-state index contributed by atoms with van der Waals surface area (Å²) in [6.45, 7) is 3.46. The monoisotopic (exact) mass is 330 g/mol. The molecule has 2 aromatic rings. The first-order valence-electron chi connectivity index (χ1n) is 9.28. The van der Waals surface area contributed by atoms with Crippen molar-refractivity contribution < 1.29 is 0 Å². The molecule has 5 heterocycles. The van der Waals surface area contributed by atoms with Gasteiger partial charge in [0.2, 0.25) is 0 Å². The Labute approximate surface area is 148 Å². The lowest BCUT2D eigenvalue weighted by atomic mass is 9.75. The van der Waals surface area contributed by atoms with Gasteiger partial charge < -0.3 is 4.90 Å². The highest BCUT2D eigenvalue weighted by atomic mass is 15.3. The van der Waals surface area contributed by atoms with Gasteiger partial charge in [-0.05, 0) is 49.5 Å². The highest BCUT2D eigenvalue weighted by Crippen LogP contribution is 2.47. The number of nitriles is 1. The number of nitrogens with zero attached hydrogens (tertiary/aromatic N) is 4. The van der Waals surface area contributed by atoms with Gasteiger partial charge >= 0.3 is 0 Å². The van der Waals surface area contributed by atoms with Crippen LogP contribution >= 0.6 is 0 Å². The summed E-state index contributed by atoms with van der Waals surface area (Å²) in [7, 11) is 0. The third kappa shape index (κ3) is 2.34. The van der Waals surface area contributed by atoms with Crippen LogP contribution in [0, 0.1) is 17.2 Å². The van der Waals surface area contributed by atoms with E-state index in [-0.39, 0.29) is 0 Å². The van der Waals surface area contributed by atoms with Gasteiger partial charge in [0, 0.05) is 24.5 Å². The molecule has 0 radical (unpaired) electrons. The van der Waals surface area contributed by atoms with Gasteiger partial charge in [-0.15, -0.1) is 0 Å². The molecular formula is C21H22N4. The molecule has 0 aliphatic carbocycles. The van der Waals surface area contributed by atoms with Crippen LogP contribution < -0.4 is 4.90 Å². The number of benzene rings is 1. The maximum absolute atomic E-state index is 9.23. The summed E-state index contributed by atoms with van der Waals surface area (Å²) < 4.78 is 0. The third-order valence-corrected chi connectivity index (χ3v) is 6.37. The minimum atomic E-state index is 0.512. The van der Waals surface area contributed by atoms with E-state index in [4.69, 9.17) is 0 Å². The maximum atomic E-state index is 9.23. The van der Waals surface area contributed by atoms with Crippen LogP contribution in [-0.4, -0.2) is 41.6 Å². The summed E-state index contributed by atoms with van der Waals surface area (Å²) >= 11 is 0. The van der Waals surface area contributed by atoms with Gasteiger partial charge in [0.25, 0.3) is 0 Å². The molecule has 0 unspecified atom stereocenters. The summed E-state index contributed by atoms with van der Waals surface area (Å²) in [5.74, 6) is 2.24. The van der Waals surface area contributed by atoms with Crippen LogP contribution in [0.5, 0.6) is 0 Å². The Hall–Kier alpha value is -2.38. The molecule has 0 saturated carbocycles. The number of hydrogen-bond donors (Lipinski definition) is 0. The van der Waals surface area contributed by atoms with Crippen LogP contribution in [-0.2, 0) is 0 Å². The van der Waals surface area contributed by atoms with E-state index in [1.54, 1.807) is 6.07 Å². The van der Waals surface area contributed by atoms with Crippen molar-refractivity contribution in [2.75, 3.05) is 24.5 Å². The molecule has 1 aromatic carbocycles. The van der Waals surface area contributed by atoms with Crippen molar-refractivity contribution in [3.63, 3.8) is 0 Å². The van der Waals surface area contributed by atoms with Crippen LogP contribution in [0.25, 0.3) is 0 Å². The fourth-order valence-electron chi connectivity index (χ4n) is 5.32. The molecule has 6 rings (SSSR count). The summed E-state index contributed by atoms with van der Waals surface area (Å²) in [4.78, 5) is 9.83. The molecule has 0 spiro atoms. The average Bonchev–Trinajstić information content (AvgIpc) is 3.12. The van der Waals surface area contributed by atoms with Crippen molar-refractivity contribution in [3.05, 3.63) is 59.8 Å². The Morgan fingerprint density at radius 1 is 0.960 bits per heavy atom. The van der Waals surface area contributed by atoms with Crippen molar-refractivity contribution in [3.8, 4) is 6.07 Å². The number of rotatable bonds is 2. The average molecular weight is 330 g/mol. The predicted molar refractivity (Wildman–Crippen MR) is 97.4 cm³/mol. The molecule has 4 aliphatic heterocycles. The first-order valence-corrected chi connectivity index (χ1v) is 9.28. The van der Waals surface area contributed by atoms with E-state index in [0.717, 1.165) is 18.3 Å². The quantitative estimate of drug-likeness (QED) is 0.849. The van der Waals surface area contributed by atoms with E-state index >= 15 is 0 Å². The van der Waals surface area contributed by atoms with E-state index < -0.39 is 0 Å². The first kappa shape index (κ1) is 14.9. The Morgan fingerprint density at radius 3 is 2.52 bits per heavy atom. The number of anilines is 1. The predicted octanol–water partition coefficient (Wildman–Crippen LogP) is 3.02. The fraction of sp³-hybridized carbons (Fsp3) is 0.429. The zero-order valence-corrected chi connectivity index (χ0v) is 14.3. The van der Waals surface area contributed by atoms with Gasteiger partial charge in [-0.3, -0.25) is 4.90 Å². The Bertz CT molecular complexity index is 804. The van der Waals surface area contributed by atoms with E-state index in [0.29, 0.717) is 23.7 Å². The van der Waals surface area contributed by atoms with E-state index in [9.17, 15) is 5.26 Å². The van der Waals surface area contributed by atoms with Crippen molar-refractivity contribution in [2.45, 2.75) is 30.8 Å². The van der Waals surface area contributed by atoms with E-state index in [1.807, 2.05) is 6.07 Å². The van der Waals surface area contributed by atoms with Crippen LogP contribution in [0.15, 0.2) is 48.5 Å². The lowest BCUT2D eigenvalue weighted by molar-refractivity contribution is 0.0354. The van der Waals surface area contributed by atoms with Crippen molar-refractivity contribution >= 4 is 5.82 Å². The van der Waals surface area contributed by atoms with E-state index in [2.05, 4.69) is 57.3 Å². The minimum Gasteiger partial charge on any atom is -0.351 e. The molecule has 25 heavy (non-hydrogen) atoms. The molecule has 126 valence electrons. The van der Waals surface area contributed by atoms with Gasteiger partial charge in [-0.25, -0.2) is 4.98 Å². The SMILES string of the molecule is N#Cc1cccc(N2C[C@H](c3ccccc3)[C@@H]3[C@H]2C2CCN3CC2)n1. The smallest absolute Gasteiger partial charge is 0.142 e. The first-order chi connectivity index (χ1) is 12.3.